The number of aromatic amines is 1. The zero-order valence-electron chi connectivity index (χ0n) is 20.2. The Morgan fingerprint density at radius 2 is 1.90 bits per heavy atom. The van der Waals surface area contributed by atoms with Crippen LogP contribution in [0.3, 0.4) is 0 Å². The number of ether oxygens (including phenoxy) is 1. The van der Waals surface area contributed by atoms with Crippen molar-refractivity contribution in [3.63, 3.8) is 0 Å². The first kappa shape index (κ1) is 27.4. The normalized spacial score (nSPS) is 12.2. The topological polar surface area (TPSA) is 165 Å². The van der Waals surface area contributed by atoms with E-state index in [9.17, 15) is 26.4 Å². The molecule has 0 unspecified atom stereocenters. The van der Waals surface area contributed by atoms with E-state index in [-0.39, 0.29) is 39.9 Å². The molecule has 0 aliphatic rings. The van der Waals surface area contributed by atoms with Gasteiger partial charge in [-0.3, -0.25) is 19.6 Å². The van der Waals surface area contributed by atoms with E-state index in [0.29, 0.717) is 12.0 Å². The van der Waals surface area contributed by atoms with Crippen molar-refractivity contribution in [3.05, 3.63) is 78.0 Å². The molecule has 0 aliphatic carbocycles. The highest BCUT2D eigenvalue weighted by atomic mass is 32.2. The summed E-state index contributed by atoms with van der Waals surface area (Å²) < 4.78 is 71.4. The number of anilines is 3. The lowest BCUT2D eigenvalue weighted by Crippen LogP contribution is -2.21. The molecule has 0 spiro atoms. The molecule has 15 heteroatoms. The largest absolute Gasteiger partial charge is 0.484 e. The average molecular weight is 562 g/mol. The Balaban J connectivity index is 1.78. The van der Waals surface area contributed by atoms with Crippen LogP contribution in [0.5, 0.6) is 5.75 Å². The number of primary amides is 1. The van der Waals surface area contributed by atoms with Crippen LogP contribution in [0.1, 0.15) is 35.4 Å². The lowest BCUT2D eigenvalue weighted by atomic mass is 10.0. The quantitative estimate of drug-likeness (QED) is 0.210. The second-order valence-electron chi connectivity index (χ2n) is 8.09. The Morgan fingerprint density at radius 3 is 2.51 bits per heavy atom. The van der Waals surface area contributed by atoms with Crippen molar-refractivity contribution in [1.82, 2.24) is 20.2 Å². The van der Waals surface area contributed by atoms with E-state index >= 15 is 0 Å². The second kappa shape index (κ2) is 11.4. The fraction of sp³-hybridized carbons (Fsp3) is 0.167. The van der Waals surface area contributed by atoms with Gasteiger partial charge in [0, 0.05) is 18.0 Å². The van der Waals surface area contributed by atoms with E-state index < -0.39 is 33.6 Å². The summed E-state index contributed by atoms with van der Waals surface area (Å²) in [4.78, 5) is 20.3. The van der Waals surface area contributed by atoms with Crippen molar-refractivity contribution in [2.24, 2.45) is 5.73 Å². The van der Waals surface area contributed by atoms with E-state index in [4.69, 9.17) is 10.5 Å². The number of alkyl halides is 2. The molecule has 0 saturated carbocycles. The van der Waals surface area contributed by atoms with E-state index in [1.54, 1.807) is 6.92 Å². The van der Waals surface area contributed by atoms with Gasteiger partial charge in [-0.2, -0.15) is 13.9 Å². The van der Waals surface area contributed by atoms with E-state index in [2.05, 4.69) is 25.5 Å². The number of nitrogens with two attached hydrogens (primary N) is 1. The third-order valence-electron chi connectivity index (χ3n) is 5.46. The molecule has 5 N–H and O–H groups in total. The molecule has 0 bridgehead atoms. The van der Waals surface area contributed by atoms with Gasteiger partial charge in [0.1, 0.15) is 29.1 Å². The Bertz CT molecular complexity index is 1570. The summed E-state index contributed by atoms with van der Waals surface area (Å²) in [6.07, 6.45) is 3.93. The molecule has 1 atom stereocenters. The number of aromatic nitrogens is 4. The van der Waals surface area contributed by atoms with Crippen LogP contribution in [0.4, 0.5) is 30.5 Å². The van der Waals surface area contributed by atoms with Gasteiger partial charge in [0.25, 0.3) is 15.9 Å². The minimum absolute atomic E-state index is 0.0423. The molecule has 1 amide bonds. The van der Waals surface area contributed by atoms with E-state index in [1.807, 2.05) is 4.72 Å². The average Bonchev–Trinajstić information content (AvgIpc) is 3.32. The smallest absolute Gasteiger partial charge is 0.355 e. The molecule has 2 aromatic carbocycles. The highest BCUT2D eigenvalue weighted by Crippen LogP contribution is 2.37. The molecule has 4 rings (SSSR count). The van der Waals surface area contributed by atoms with Gasteiger partial charge in [-0.1, -0.05) is 25.1 Å². The van der Waals surface area contributed by atoms with Gasteiger partial charge < -0.3 is 15.8 Å². The number of hydrogen-bond acceptors (Lipinski definition) is 8. The van der Waals surface area contributed by atoms with Crippen LogP contribution in [-0.4, -0.2) is 40.2 Å². The number of benzene rings is 2. The number of rotatable bonds is 11. The lowest BCUT2D eigenvalue weighted by Gasteiger charge is -2.21. The maximum absolute atomic E-state index is 13.4. The van der Waals surface area contributed by atoms with Crippen LogP contribution < -0.4 is 20.5 Å². The third-order valence-corrected chi connectivity index (χ3v) is 6.43. The Hall–Kier alpha value is -4.66. The first-order valence-electron chi connectivity index (χ1n) is 11.4. The van der Waals surface area contributed by atoms with Gasteiger partial charge in [0.15, 0.2) is 5.82 Å². The number of halogens is 3. The molecule has 0 fully saturated rings. The maximum atomic E-state index is 13.4. The summed E-state index contributed by atoms with van der Waals surface area (Å²) >= 11 is 0. The van der Waals surface area contributed by atoms with Crippen molar-refractivity contribution in [2.75, 3.05) is 10.0 Å². The van der Waals surface area contributed by atoms with Gasteiger partial charge in [-0.25, -0.2) is 17.8 Å². The molecule has 11 nitrogen and oxygen atoms in total. The zero-order chi connectivity index (χ0) is 28.2. The molecule has 204 valence electrons. The highest BCUT2D eigenvalue weighted by molar-refractivity contribution is 7.93. The number of sulfonamides is 1. The molecule has 0 aliphatic heterocycles. The molecule has 39 heavy (non-hydrogen) atoms. The molecular weight excluding hydrogens is 539 g/mol. The van der Waals surface area contributed by atoms with Crippen molar-refractivity contribution >= 4 is 33.3 Å². The summed E-state index contributed by atoms with van der Waals surface area (Å²) in [7, 11) is -5.05. The summed E-state index contributed by atoms with van der Waals surface area (Å²) in [5.74, 6) is -4.84. The Labute approximate surface area is 220 Å². The lowest BCUT2D eigenvalue weighted by molar-refractivity contribution is 0.100. The molecule has 0 radical (unpaired) electrons. The molecule has 2 heterocycles. The van der Waals surface area contributed by atoms with Crippen LogP contribution in [-0.2, 0) is 10.0 Å². The van der Waals surface area contributed by atoms with Crippen LogP contribution in [0.25, 0.3) is 11.3 Å². The number of carbonyl (C=O) groups excluding carboxylic acids is 1. The van der Waals surface area contributed by atoms with Crippen LogP contribution in [0.15, 0.2) is 61.1 Å². The zero-order valence-corrected chi connectivity index (χ0v) is 21.0. The fourth-order valence-electron chi connectivity index (χ4n) is 3.64. The Kier molecular flexibility index (Phi) is 7.99. The molecular formula is C24H22F3N7O4S. The van der Waals surface area contributed by atoms with E-state index in [1.165, 1.54) is 61.1 Å². The number of H-pyrrole nitrogens is 1. The van der Waals surface area contributed by atoms with Crippen LogP contribution >= 0.6 is 0 Å². The predicted molar refractivity (Wildman–Crippen MR) is 136 cm³/mol. The van der Waals surface area contributed by atoms with Gasteiger partial charge in [0.05, 0.1) is 17.6 Å². The highest BCUT2D eigenvalue weighted by Gasteiger charge is 2.27. The fourth-order valence-corrected chi connectivity index (χ4v) is 4.21. The summed E-state index contributed by atoms with van der Waals surface area (Å²) in [5.41, 5.74) is 6.24. The monoisotopic (exact) mass is 561 g/mol. The summed E-state index contributed by atoms with van der Waals surface area (Å²) in [6.45, 7) is 1.77. The van der Waals surface area contributed by atoms with Crippen molar-refractivity contribution in [1.29, 1.82) is 0 Å². The van der Waals surface area contributed by atoms with Crippen LogP contribution in [0, 0.1) is 5.82 Å². The number of hydrogen-bond donors (Lipinski definition) is 4. The van der Waals surface area contributed by atoms with Crippen molar-refractivity contribution in [3.8, 4) is 17.0 Å². The number of nitrogens with one attached hydrogen (secondary N) is 3. The summed E-state index contributed by atoms with van der Waals surface area (Å²) in [6, 6.07) is 9.33. The Morgan fingerprint density at radius 1 is 1.15 bits per heavy atom. The predicted octanol–water partition coefficient (Wildman–Crippen LogP) is 4.34. The SMILES string of the molecule is CC[C@@H](Oc1cc(-c2[nH]nc(Nc3cnccn3)c2C(N)=O)ccc1NS(=O)(=O)C(F)F)c1ccc(F)cc1. The first-order valence-corrected chi connectivity index (χ1v) is 12.9. The standard InChI is InChI=1S/C24H22F3N7O4S/c1-2-17(13-3-6-15(25)7-4-13)38-18-11-14(5-8-16(18)34-39(36,37)24(26)27)21-20(22(28)35)23(33-32-21)31-19-12-29-9-10-30-19/h3-12,17,24,34H,2H2,1H3,(H2,28,35)(H2,30,31,32,33)/t17-/m1/s1. The minimum atomic E-state index is -5.05. The molecule has 2 aromatic heterocycles. The van der Waals surface area contributed by atoms with Crippen molar-refractivity contribution < 1.29 is 31.1 Å². The van der Waals surface area contributed by atoms with E-state index in [0.717, 1.165) is 0 Å². The second-order valence-corrected chi connectivity index (χ2v) is 9.74. The molecule has 0 saturated heterocycles. The minimum Gasteiger partial charge on any atom is -0.484 e. The van der Waals surface area contributed by atoms with Gasteiger partial charge in [-0.05, 0) is 36.2 Å². The number of nitrogens with zero attached hydrogens (tertiary/aromatic N) is 3. The van der Waals surface area contributed by atoms with Gasteiger partial charge >= 0.3 is 5.76 Å². The number of carbonyl (C=O) groups is 1. The number of amides is 1. The first-order chi connectivity index (χ1) is 18.6. The van der Waals surface area contributed by atoms with Crippen LogP contribution in [0.2, 0.25) is 0 Å². The maximum Gasteiger partial charge on any atom is 0.355 e. The third kappa shape index (κ3) is 6.26. The van der Waals surface area contributed by atoms with Gasteiger partial charge in [0.2, 0.25) is 0 Å². The van der Waals surface area contributed by atoms with Crippen molar-refractivity contribution in [2.45, 2.75) is 25.2 Å². The molecule has 4 aromatic rings. The summed E-state index contributed by atoms with van der Waals surface area (Å²) in [5, 5.41) is 9.61. The van der Waals surface area contributed by atoms with Gasteiger partial charge in [-0.15, -0.1) is 0 Å².